The fraction of sp³-hybridized carbons (Fsp3) is 0.941. The lowest BCUT2D eigenvalue weighted by molar-refractivity contribution is 0.0468. The molecule has 0 amide bonds. The molecule has 0 heterocycles. The SMILES string of the molecule is CN=C(NCCOC1CCCCCC1)NC1CCC(SC)C1. The van der Waals surface area contributed by atoms with E-state index >= 15 is 0 Å². The van der Waals surface area contributed by atoms with E-state index in [4.69, 9.17) is 4.74 Å². The van der Waals surface area contributed by atoms with Crippen molar-refractivity contribution in [2.24, 2.45) is 4.99 Å². The molecule has 5 heteroatoms. The molecule has 2 saturated carbocycles. The van der Waals surface area contributed by atoms with Gasteiger partial charge in [0, 0.05) is 24.9 Å². The van der Waals surface area contributed by atoms with E-state index < -0.39 is 0 Å². The Balaban J connectivity index is 1.58. The van der Waals surface area contributed by atoms with Crippen LogP contribution in [-0.2, 0) is 4.74 Å². The molecular formula is C17H33N3OS. The fourth-order valence-corrected chi connectivity index (χ4v) is 4.27. The van der Waals surface area contributed by atoms with Crippen molar-refractivity contribution in [1.82, 2.24) is 10.6 Å². The summed E-state index contributed by atoms with van der Waals surface area (Å²) in [5.41, 5.74) is 0. The molecule has 2 aliphatic rings. The summed E-state index contributed by atoms with van der Waals surface area (Å²) in [6, 6.07) is 0.575. The highest BCUT2D eigenvalue weighted by atomic mass is 32.2. The highest BCUT2D eigenvalue weighted by Gasteiger charge is 2.24. The van der Waals surface area contributed by atoms with E-state index in [1.165, 1.54) is 57.8 Å². The lowest BCUT2D eigenvalue weighted by atomic mass is 10.1. The number of thioether (sulfide) groups is 1. The number of ether oxygens (including phenoxy) is 1. The van der Waals surface area contributed by atoms with Gasteiger partial charge in [-0.15, -0.1) is 0 Å². The minimum atomic E-state index is 0.483. The summed E-state index contributed by atoms with van der Waals surface area (Å²) in [6.45, 7) is 1.62. The van der Waals surface area contributed by atoms with Crippen molar-refractivity contribution < 1.29 is 4.74 Å². The standard InChI is InChI=1S/C17H33N3OS/c1-18-17(20-14-9-10-16(13-14)22-2)19-11-12-21-15-7-5-3-4-6-8-15/h14-16H,3-13H2,1-2H3,(H2,18,19,20). The fourth-order valence-electron chi connectivity index (χ4n) is 3.48. The molecule has 4 nitrogen and oxygen atoms in total. The van der Waals surface area contributed by atoms with E-state index in [0.717, 1.165) is 24.4 Å². The molecular weight excluding hydrogens is 294 g/mol. The number of nitrogens with zero attached hydrogens (tertiary/aromatic N) is 1. The van der Waals surface area contributed by atoms with Crippen molar-refractivity contribution in [2.75, 3.05) is 26.5 Å². The summed E-state index contributed by atoms with van der Waals surface area (Å²) < 4.78 is 6.01. The number of hydrogen-bond donors (Lipinski definition) is 2. The first kappa shape index (κ1) is 17.9. The van der Waals surface area contributed by atoms with E-state index in [9.17, 15) is 0 Å². The van der Waals surface area contributed by atoms with Gasteiger partial charge in [-0.3, -0.25) is 4.99 Å². The topological polar surface area (TPSA) is 45.7 Å². The number of nitrogens with one attached hydrogen (secondary N) is 2. The molecule has 0 aromatic carbocycles. The Morgan fingerprint density at radius 3 is 2.55 bits per heavy atom. The monoisotopic (exact) mass is 327 g/mol. The summed E-state index contributed by atoms with van der Waals surface area (Å²) in [5.74, 6) is 0.927. The van der Waals surface area contributed by atoms with Crippen molar-refractivity contribution in [3.05, 3.63) is 0 Å². The van der Waals surface area contributed by atoms with Crippen LogP contribution >= 0.6 is 11.8 Å². The van der Waals surface area contributed by atoms with Crippen LogP contribution in [-0.4, -0.2) is 49.8 Å². The number of hydrogen-bond acceptors (Lipinski definition) is 3. The van der Waals surface area contributed by atoms with Crippen LogP contribution in [0.4, 0.5) is 0 Å². The lowest BCUT2D eigenvalue weighted by Crippen LogP contribution is -2.43. The Morgan fingerprint density at radius 1 is 1.14 bits per heavy atom. The number of aliphatic imine (C=N–C) groups is 1. The zero-order valence-corrected chi connectivity index (χ0v) is 15.1. The Labute approximate surface area is 140 Å². The first-order valence-electron chi connectivity index (χ1n) is 8.93. The average molecular weight is 328 g/mol. The van der Waals surface area contributed by atoms with Gasteiger partial charge in [0.25, 0.3) is 0 Å². The molecule has 2 atom stereocenters. The Bertz CT molecular complexity index is 330. The van der Waals surface area contributed by atoms with Crippen molar-refractivity contribution in [1.29, 1.82) is 0 Å². The molecule has 0 aromatic heterocycles. The molecule has 0 bridgehead atoms. The molecule has 0 spiro atoms. The summed E-state index contributed by atoms with van der Waals surface area (Å²) in [7, 11) is 1.85. The second-order valence-electron chi connectivity index (χ2n) is 6.50. The van der Waals surface area contributed by atoms with E-state index in [0.29, 0.717) is 12.1 Å². The third-order valence-electron chi connectivity index (χ3n) is 4.83. The van der Waals surface area contributed by atoms with Gasteiger partial charge in [0.2, 0.25) is 0 Å². The maximum Gasteiger partial charge on any atom is 0.191 e. The highest BCUT2D eigenvalue weighted by molar-refractivity contribution is 7.99. The van der Waals surface area contributed by atoms with Crippen molar-refractivity contribution in [2.45, 2.75) is 75.2 Å². The van der Waals surface area contributed by atoms with E-state index in [1.54, 1.807) is 0 Å². The second kappa shape index (κ2) is 10.4. The number of guanidine groups is 1. The molecule has 2 N–H and O–H groups in total. The average Bonchev–Trinajstić information content (AvgIpc) is 2.84. The molecule has 2 unspecified atom stereocenters. The third-order valence-corrected chi connectivity index (χ3v) is 5.93. The summed E-state index contributed by atoms with van der Waals surface area (Å²) in [4.78, 5) is 4.33. The van der Waals surface area contributed by atoms with Crippen molar-refractivity contribution in [3.63, 3.8) is 0 Å². The molecule has 0 aromatic rings. The van der Waals surface area contributed by atoms with Gasteiger partial charge in [0.05, 0.1) is 12.7 Å². The minimum absolute atomic E-state index is 0.483. The predicted molar refractivity (Wildman–Crippen MR) is 96.9 cm³/mol. The summed E-state index contributed by atoms with van der Waals surface area (Å²) in [5, 5.41) is 7.75. The Morgan fingerprint density at radius 2 is 1.91 bits per heavy atom. The van der Waals surface area contributed by atoms with Crippen molar-refractivity contribution >= 4 is 17.7 Å². The summed E-state index contributed by atoms with van der Waals surface area (Å²) in [6.07, 6.45) is 14.4. The van der Waals surface area contributed by atoms with E-state index in [1.807, 2.05) is 18.8 Å². The zero-order valence-electron chi connectivity index (χ0n) is 14.3. The van der Waals surface area contributed by atoms with Crippen LogP contribution in [0.2, 0.25) is 0 Å². The van der Waals surface area contributed by atoms with Gasteiger partial charge < -0.3 is 15.4 Å². The molecule has 2 rings (SSSR count). The van der Waals surface area contributed by atoms with Crippen LogP contribution in [0, 0.1) is 0 Å². The highest BCUT2D eigenvalue weighted by Crippen LogP contribution is 2.28. The maximum atomic E-state index is 6.01. The van der Waals surface area contributed by atoms with Gasteiger partial charge in [-0.2, -0.15) is 11.8 Å². The summed E-state index contributed by atoms with van der Waals surface area (Å²) >= 11 is 1.99. The maximum absolute atomic E-state index is 6.01. The lowest BCUT2D eigenvalue weighted by Gasteiger charge is -2.19. The molecule has 0 aliphatic heterocycles. The third kappa shape index (κ3) is 6.37. The zero-order chi connectivity index (χ0) is 15.6. The first-order valence-corrected chi connectivity index (χ1v) is 10.2. The van der Waals surface area contributed by atoms with E-state index in [2.05, 4.69) is 21.9 Å². The van der Waals surface area contributed by atoms with Crippen molar-refractivity contribution in [3.8, 4) is 0 Å². The Kier molecular flexibility index (Phi) is 8.45. The van der Waals surface area contributed by atoms with Crippen LogP contribution in [0.25, 0.3) is 0 Å². The van der Waals surface area contributed by atoms with Crippen LogP contribution in [0.1, 0.15) is 57.8 Å². The van der Waals surface area contributed by atoms with E-state index in [-0.39, 0.29) is 0 Å². The number of rotatable bonds is 6. The van der Waals surface area contributed by atoms with Gasteiger partial charge >= 0.3 is 0 Å². The van der Waals surface area contributed by atoms with Gasteiger partial charge in [-0.05, 0) is 38.4 Å². The molecule has 0 radical (unpaired) electrons. The Hall–Kier alpha value is -0.420. The molecule has 2 fully saturated rings. The van der Waals surface area contributed by atoms with Gasteiger partial charge in [0.1, 0.15) is 0 Å². The van der Waals surface area contributed by atoms with Crippen LogP contribution < -0.4 is 10.6 Å². The molecule has 128 valence electrons. The molecule has 2 aliphatic carbocycles. The largest absolute Gasteiger partial charge is 0.376 e. The quantitative estimate of drug-likeness (QED) is 0.340. The molecule has 0 saturated heterocycles. The van der Waals surface area contributed by atoms with Crippen LogP contribution in [0.5, 0.6) is 0 Å². The molecule has 22 heavy (non-hydrogen) atoms. The van der Waals surface area contributed by atoms with Gasteiger partial charge in [0.15, 0.2) is 5.96 Å². The smallest absolute Gasteiger partial charge is 0.191 e. The van der Waals surface area contributed by atoms with Gasteiger partial charge in [-0.25, -0.2) is 0 Å². The van der Waals surface area contributed by atoms with Crippen LogP contribution in [0.3, 0.4) is 0 Å². The van der Waals surface area contributed by atoms with Crippen LogP contribution in [0.15, 0.2) is 4.99 Å². The normalized spacial score (nSPS) is 27.6. The minimum Gasteiger partial charge on any atom is -0.376 e. The predicted octanol–water partition coefficient (Wildman–Crippen LogP) is 3.17. The van der Waals surface area contributed by atoms with Gasteiger partial charge in [-0.1, -0.05) is 25.7 Å². The second-order valence-corrected chi connectivity index (χ2v) is 7.63. The first-order chi connectivity index (χ1) is 10.8.